The smallest absolute Gasteiger partial charge is 0.0419 e. The second-order valence-electron chi connectivity index (χ2n) is 4.19. The van der Waals surface area contributed by atoms with Crippen LogP contribution in [0.15, 0.2) is 0 Å². The lowest BCUT2D eigenvalue weighted by atomic mass is 9.87. The van der Waals surface area contributed by atoms with Gasteiger partial charge in [-0.1, -0.05) is 20.8 Å². The Labute approximate surface area is 159 Å². The molecule has 0 bridgehead atoms. The van der Waals surface area contributed by atoms with Crippen molar-refractivity contribution < 1.29 is 0 Å². The van der Waals surface area contributed by atoms with Crippen LogP contribution in [0.5, 0.6) is 0 Å². The number of hydrogen-bond acceptors (Lipinski definition) is 0. The summed E-state index contributed by atoms with van der Waals surface area (Å²) in [5, 5.41) is 0. The van der Waals surface area contributed by atoms with Gasteiger partial charge in [0.15, 0.2) is 0 Å². The number of hydrogen-bond donors (Lipinski definition) is 0. The third kappa shape index (κ3) is 3.45. The van der Waals surface area contributed by atoms with Gasteiger partial charge in [0, 0.05) is 17.9 Å². The number of rotatable bonds is 0. The Morgan fingerprint density at radius 3 is 1.13 bits per heavy atom. The predicted molar refractivity (Wildman–Crippen MR) is 109 cm³/mol. The molecule has 0 aliphatic heterocycles. The van der Waals surface area contributed by atoms with Gasteiger partial charge in [0.1, 0.15) is 0 Å². The summed E-state index contributed by atoms with van der Waals surface area (Å²) >= 11 is 12.3. The maximum Gasteiger partial charge on any atom is 0.0419 e. The van der Waals surface area contributed by atoms with Crippen LogP contribution in [0.1, 0.15) is 26.3 Å². The molecule has 0 aliphatic rings. The van der Waals surface area contributed by atoms with Crippen LogP contribution in [0.4, 0.5) is 0 Å². The average molecular weight is 764 g/mol. The highest BCUT2D eigenvalue weighted by Gasteiger charge is 2.25. The molecule has 0 nitrogen and oxygen atoms in total. The standard InChI is InChI=1S/C10H9I5/c1-10(2,3)4-5(11)7(13)9(15)8(14)6(4)12/h1-3H3. The summed E-state index contributed by atoms with van der Waals surface area (Å²) in [7, 11) is 0. The van der Waals surface area contributed by atoms with Gasteiger partial charge in [-0.25, -0.2) is 0 Å². The van der Waals surface area contributed by atoms with E-state index in [0.717, 1.165) is 0 Å². The van der Waals surface area contributed by atoms with Gasteiger partial charge in [-0.05, 0) is 124 Å². The zero-order chi connectivity index (χ0) is 12.0. The molecule has 0 aliphatic carbocycles. The Bertz CT molecular complexity index is 374. The van der Waals surface area contributed by atoms with E-state index in [0.29, 0.717) is 0 Å². The highest BCUT2D eigenvalue weighted by atomic mass is 127. The molecule has 0 saturated heterocycles. The molecule has 5 heteroatoms. The molecule has 1 aromatic rings. The van der Waals surface area contributed by atoms with Crippen molar-refractivity contribution in [2.75, 3.05) is 0 Å². The summed E-state index contributed by atoms with van der Waals surface area (Å²) in [6.45, 7) is 6.85. The van der Waals surface area contributed by atoms with Crippen molar-refractivity contribution in [1.29, 1.82) is 0 Å². The SMILES string of the molecule is CC(C)(C)c1c(I)c(I)c(I)c(I)c1I. The summed E-state index contributed by atoms with van der Waals surface area (Å²) in [5.74, 6) is 0. The summed E-state index contributed by atoms with van der Waals surface area (Å²) in [6, 6.07) is 0. The lowest BCUT2D eigenvalue weighted by Gasteiger charge is -2.25. The van der Waals surface area contributed by atoms with Gasteiger partial charge in [0.05, 0.1) is 0 Å². The van der Waals surface area contributed by atoms with E-state index >= 15 is 0 Å². The molecule has 0 amide bonds. The Hall–Kier alpha value is 2.87. The number of halogens is 5. The third-order valence-electron chi connectivity index (χ3n) is 1.96. The van der Waals surface area contributed by atoms with Crippen LogP contribution in [0, 0.1) is 17.9 Å². The molecule has 0 saturated carbocycles. The molecule has 84 valence electrons. The molecule has 0 aromatic heterocycles. The topological polar surface area (TPSA) is 0 Å². The van der Waals surface area contributed by atoms with Crippen LogP contribution in [0.3, 0.4) is 0 Å². The van der Waals surface area contributed by atoms with Crippen molar-refractivity contribution in [3.8, 4) is 0 Å². The maximum absolute atomic E-state index is 2.48. The molecule has 0 radical (unpaired) electrons. The first-order valence-corrected chi connectivity index (χ1v) is 9.59. The minimum atomic E-state index is 0.219. The second-order valence-corrected chi connectivity index (χ2v) is 9.59. The van der Waals surface area contributed by atoms with Crippen LogP contribution in [0.25, 0.3) is 0 Å². The van der Waals surface area contributed by atoms with Crippen LogP contribution >= 0.6 is 113 Å². The Kier molecular flexibility index (Phi) is 6.25. The van der Waals surface area contributed by atoms with Gasteiger partial charge in [0.25, 0.3) is 0 Å². The molecule has 0 N–H and O–H groups in total. The predicted octanol–water partition coefficient (Wildman–Crippen LogP) is 6.01. The lowest BCUT2D eigenvalue weighted by Crippen LogP contribution is -2.18. The zero-order valence-corrected chi connectivity index (χ0v) is 19.2. The fourth-order valence-electron chi connectivity index (χ4n) is 1.26. The van der Waals surface area contributed by atoms with Gasteiger partial charge in [0.2, 0.25) is 0 Å². The normalized spacial score (nSPS) is 12.0. The minimum Gasteiger partial charge on any atom is -0.0560 e. The van der Waals surface area contributed by atoms with Crippen LogP contribution in [-0.2, 0) is 5.41 Å². The first-order chi connectivity index (χ1) is 6.68. The van der Waals surface area contributed by atoms with Crippen molar-refractivity contribution in [3.63, 3.8) is 0 Å². The highest BCUT2D eigenvalue weighted by Crippen LogP contribution is 2.39. The summed E-state index contributed by atoms with van der Waals surface area (Å²) in [5.41, 5.74) is 1.70. The molecule has 0 spiro atoms. The van der Waals surface area contributed by atoms with E-state index < -0.39 is 0 Å². The van der Waals surface area contributed by atoms with E-state index in [4.69, 9.17) is 0 Å². The van der Waals surface area contributed by atoms with Crippen molar-refractivity contribution in [1.82, 2.24) is 0 Å². The average Bonchev–Trinajstić information content (AvgIpc) is 2.09. The van der Waals surface area contributed by atoms with Crippen LogP contribution in [0.2, 0.25) is 0 Å². The molecular weight excluding hydrogens is 755 g/mol. The number of benzene rings is 1. The highest BCUT2D eigenvalue weighted by molar-refractivity contribution is 14.1. The first-order valence-electron chi connectivity index (χ1n) is 4.19. The van der Waals surface area contributed by atoms with Crippen molar-refractivity contribution in [2.45, 2.75) is 26.2 Å². The van der Waals surface area contributed by atoms with Gasteiger partial charge >= 0.3 is 0 Å². The zero-order valence-electron chi connectivity index (χ0n) is 8.39. The molecule has 0 unspecified atom stereocenters. The largest absolute Gasteiger partial charge is 0.0560 e. The van der Waals surface area contributed by atoms with Crippen molar-refractivity contribution in [3.05, 3.63) is 23.4 Å². The lowest BCUT2D eigenvalue weighted by molar-refractivity contribution is 0.581. The summed E-state index contributed by atoms with van der Waals surface area (Å²) in [6.07, 6.45) is 0. The van der Waals surface area contributed by atoms with Gasteiger partial charge in [-0.2, -0.15) is 0 Å². The molecule has 0 heterocycles. The Morgan fingerprint density at radius 2 is 0.867 bits per heavy atom. The summed E-state index contributed by atoms with van der Waals surface area (Å²) in [4.78, 5) is 0. The van der Waals surface area contributed by atoms with Crippen molar-refractivity contribution in [2.24, 2.45) is 0 Å². The van der Waals surface area contributed by atoms with E-state index in [9.17, 15) is 0 Å². The van der Waals surface area contributed by atoms with E-state index in [2.05, 4.69) is 134 Å². The molecule has 0 fully saturated rings. The van der Waals surface area contributed by atoms with Crippen molar-refractivity contribution >= 4 is 113 Å². The minimum absolute atomic E-state index is 0.219. The Balaban J connectivity index is 3.68. The quantitative estimate of drug-likeness (QED) is 0.173. The van der Waals surface area contributed by atoms with Gasteiger partial charge in [-0.3, -0.25) is 0 Å². The second kappa shape index (κ2) is 5.88. The van der Waals surface area contributed by atoms with E-state index in [1.165, 1.54) is 23.4 Å². The Morgan fingerprint density at radius 1 is 0.600 bits per heavy atom. The molecular formula is C10H9I5. The third-order valence-corrected chi connectivity index (χ3v) is 11.5. The molecule has 1 rings (SSSR count). The van der Waals surface area contributed by atoms with Gasteiger partial charge < -0.3 is 0 Å². The summed E-state index contributed by atoms with van der Waals surface area (Å²) < 4.78 is 6.99. The first kappa shape index (κ1) is 15.9. The van der Waals surface area contributed by atoms with E-state index in [1.54, 1.807) is 0 Å². The fourth-order valence-corrected chi connectivity index (χ4v) is 7.64. The fraction of sp³-hybridized carbons (Fsp3) is 0.400. The van der Waals surface area contributed by atoms with E-state index in [1.807, 2.05) is 0 Å². The maximum atomic E-state index is 2.48. The monoisotopic (exact) mass is 764 g/mol. The van der Waals surface area contributed by atoms with E-state index in [-0.39, 0.29) is 5.41 Å². The van der Waals surface area contributed by atoms with Crippen LogP contribution in [-0.4, -0.2) is 0 Å². The van der Waals surface area contributed by atoms with Gasteiger partial charge in [-0.15, -0.1) is 0 Å². The molecule has 0 atom stereocenters. The molecule has 1 aromatic carbocycles. The van der Waals surface area contributed by atoms with Crippen LogP contribution < -0.4 is 0 Å². The molecule has 15 heavy (non-hydrogen) atoms.